The molecule has 155 valence electrons. The van der Waals surface area contributed by atoms with Crippen LogP contribution in [0.1, 0.15) is 0 Å². The second kappa shape index (κ2) is 8.41. The predicted molar refractivity (Wildman–Crippen MR) is 90.8 cm³/mol. The quantitative estimate of drug-likeness (QED) is 0.184. The van der Waals surface area contributed by atoms with Crippen molar-refractivity contribution in [1.82, 2.24) is 14.8 Å². The number of rotatable bonds is 3. The van der Waals surface area contributed by atoms with Crippen molar-refractivity contribution in [1.29, 1.82) is 0 Å². The zero-order valence-corrected chi connectivity index (χ0v) is 17.0. The molecule has 0 aliphatic carbocycles. The van der Waals surface area contributed by atoms with E-state index in [1.807, 2.05) is 0 Å². The fourth-order valence-electron chi connectivity index (χ4n) is 2.78. The van der Waals surface area contributed by atoms with Crippen LogP contribution in [-0.2, 0) is 20.1 Å². The molecule has 0 bridgehead atoms. The summed E-state index contributed by atoms with van der Waals surface area (Å²) in [4.78, 5) is 0. The Morgan fingerprint density at radius 1 is 0.667 bits per heavy atom. The third-order valence-electron chi connectivity index (χ3n) is 4.14. The molecule has 30 heavy (non-hydrogen) atoms. The minimum atomic E-state index is -1.75. The zero-order valence-electron chi connectivity index (χ0n) is 14.6. The summed E-state index contributed by atoms with van der Waals surface area (Å²) in [5, 5.41) is 7.48. The van der Waals surface area contributed by atoms with Crippen molar-refractivity contribution in [3.8, 4) is 28.5 Å². The summed E-state index contributed by atoms with van der Waals surface area (Å²) in [5.74, 6) is -10.1. The molecule has 3 nitrogen and oxygen atoms in total. The van der Waals surface area contributed by atoms with Crippen molar-refractivity contribution in [2.24, 2.45) is 0 Å². The van der Waals surface area contributed by atoms with Crippen molar-refractivity contribution in [2.75, 3.05) is 0 Å². The molecule has 3 aromatic carbocycles. The Morgan fingerprint density at radius 3 is 2.00 bits per heavy atom. The first-order chi connectivity index (χ1) is 13.9. The zero-order chi connectivity index (χ0) is 20.7. The number of hydrogen-bond acceptors (Lipinski definition) is 2. The van der Waals surface area contributed by atoms with Crippen LogP contribution in [-0.4, -0.2) is 14.8 Å². The van der Waals surface area contributed by atoms with Crippen molar-refractivity contribution < 1.29 is 46.4 Å². The molecule has 0 unspecified atom stereocenters. The molecule has 4 rings (SSSR count). The average Bonchev–Trinajstić information content (AvgIpc) is 3.15. The summed E-state index contributed by atoms with van der Waals surface area (Å²) in [6.45, 7) is 0. The van der Waals surface area contributed by atoms with Crippen LogP contribution in [0, 0.1) is 41.0 Å². The molecule has 1 radical (unpaired) electrons. The van der Waals surface area contributed by atoms with Gasteiger partial charge >= 0.3 is 0 Å². The van der Waals surface area contributed by atoms with Gasteiger partial charge in [0.25, 0.3) is 0 Å². The molecule has 0 atom stereocenters. The molecule has 0 saturated heterocycles. The number of hydrogen-bond donors (Lipinski definition) is 0. The third-order valence-corrected chi connectivity index (χ3v) is 4.14. The molecule has 4 aromatic rings. The van der Waals surface area contributed by atoms with Gasteiger partial charge in [-0.1, -0.05) is 23.8 Å². The monoisotopic (exact) mass is 597 g/mol. The van der Waals surface area contributed by atoms with E-state index in [-0.39, 0.29) is 37.4 Å². The minimum Gasteiger partial charge on any atom is -0.316 e. The largest absolute Gasteiger partial charge is 0.316 e. The summed E-state index contributed by atoms with van der Waals surface area (Å²) in [7, 11) is 0. The number of nitrogens with zero attached hydrogens (tertiary/aromatic N) is 3. The SMILES string of the molecule is Fc1c[c-]c(-c2nnc(-c3ccc(F)c(F)c3F)n2-c2ccccc2)c(F)c1F.[Ir]. The molecule has 0 aliphatic heterocycles. The number of para-hydroxylation sites is 1. The van der Waals surface area contributed by atoms with Crippen LogP contribution >= 0.6 is 0 Å². The maximum atomic E-state index is 14.4. The summed E-state index contributed by atoms with van der Waals surface area (Å²) in [6.07, 6.45) is 0. The van der Waals surface area contributed by atoms with E-state index in [2.05, 4.69) is 16.3 Å². The van der Waals surface area contributed by atoms with Crippen LogP contribution in [0.4, 0.5) is 26.3 Å². The molecular formula is C20H8F6IrN3-. The normalized spacial score (nSPS) is 10.7. The van der Waals surface area contributed by atoms with Gasteiger partial charge in [-0.15, -0.1) is 17.2 Å². The smallest absolute Gasteiger partial charge is 0.195 e. The van der Waals surface area contributed by atoms with Crippen LogP contribution in [0.25, 0.3) is 28.5 Å². The van der Waals surface area contributed by atoms with E-state index in [1.54, 1.807) is 18.2 Å². The van der Waals surface area contributed by atoms with E-state index in [1.165, 1.54) is 12.1 Å². The molecule has 10 heteroatoms. The van der Waals surface area contributed by atoms with E-state index >= 15 is 0 Å². The van der Waals surface area contributed by atoms with E-state index in [4.69, 9.17) is 0 Å². The van der Waals surface area contributed by atoms with Gasteiger partial charge in [0.15, 0.2) is 23.3 Å². The van der Waals surface area contributed by atoms with Crippen molar-refractivity contribution in [3.05, 3.63) is 89.5 Å². The third kappa shape index (κ3) is 3.53. The van der Waals surface area contributed by atoms with Crippen LogP contribution < -0.4 is 0 Å². The summed E-state index contributed by atoms with van der Waals surface area (Å²) in [5.41, 5.74) is -0.756. The fraction of sp³-hybridized carbons (Fsp3) is 0. The predicted octanol–water partition coefficient (Wildman–Crippen LogP) is 5.23. The maximum absolute atomic E-state index is 14.4. The molecule has 0 saturated carbocycles. The molecule has 0 spiro atoms. The molecule has 1 aromatic heterocycles. The van der Waals surface area contributed by atoms with Gasteiger partial charge in [0.2, 0.25) is 0 Å². The Balaban J connectivity index is 0.00000256. The van der Waals surface area contributed by atoms with E-state index < -0.39 is 46.0 Å². The van der Waals surface area contributed by atoms with Crippen molar-refractivity contribution in [3.63, 3.8) is 0 Å². The molecular weight excluding hydrogens is 588 g/mol. The Kier molecular flexibility index (Phi) is 6.09. The minimum absolute atomic E-state index is 0. The Hall–Kier alpha value is -2.97. The Morgan fingerprint density at radius 2 is 1.30 bits per heavy atom. The van der Waals surface area contributed by atoms with Crippen molar-refractivity contribution in [2.45, 2.75) is 0 Å². The maximum Gasteiger partial charge on any atom is 0.195 e. The second-order valence-electron chi connectivity index (χ2n) is 5.88. The summed E-state index contributed by atoms with van der Waals surface area (Å²) >= 11 is 0. The van der Waals surface area contributed by atoms with Gasteiger partial charge in [-0.2, -0.15) is 5.10 Å². The first-order valence-corrected chi connectivity index (χ1v) is 8.10. The van der Waals surface area contributed by atoms with Crippen LogP contribution in [0.15, 0.2) is 48.5 Å². The van der Waals surface area contributed by atoms with Gasteiger partial charge in [-0.3, -0.25) is 8.78 Å². The Bertz CT molecular complexity index is 1150. The fourth-order valence-corrected chi connectivity index (χ4v) is 2.78. The number of benzene rings is 3. The van der Waals surface area contributed by atoms with Gasteiger partial charge in [-0.05, 0) is 24.3 Å². The van der Waals surface area contributed by atoms with Gasteiger partial charge in [0, 0.05) is 25.8 Å². The second-order valence-corrected chi connectivity index (χ2v) is 5.88. The van der Waals surface area contributed by atoms with E-state index in [0.29, 0.717) is 12.1 Å². The van der Waals surface area contributed by atoms with Gasteiger partial charge in [0.05, 0.1) is 23.0 Å². The molecule has 0 fully saturated rings. The average molecular weight is 597 g/mol. The van der Waals surface area contributed by atoms with Crippen molar-refractivity contribution >= 4 is 0 Å². The standard InChI is InChI=1S/C20H8F6N3.Ir/c21-13-8-6-11(15(23)17(13)25)19-27-28-20(29(19)10-4-2-1-3-5-10)12-7-9-14(22)18(26)16(12)24;/h1-6,8-9H;/q-1;. The number of halogens is 6. The first kappa shape index (κ1) is 21.7. The molecule has 0 aliphatic rings. The van der Waals surface area contributed by atoms with Gasteiger partial charge in [0.1, 0.15) is 5.82 Å². The van der Waals surface area contributed by atoms with Gasteiger partial charge < -0.3 is 4.57 Å². The topological polar surface area (TPSA) is 30.7 Å². The van der Waals surface area contributed by atoms with Gasteiger partial charge in [-0.25, -0.2) is 17.6 Å². The summed E-state index contributed by atoms with van der Waals surface area (Å²) < 4.78 is 83.9. The number of aromatic nitrogens is 3. The van der Waals surface area contributed by atoms with Crippen LogP contribution in [0.3, 0.4) is 0 Å². The van der Waals surface area contributed by atoms with E-state index in [9.17, 15) is 26.3 Å². The molecule has 1 heterocycles. The van der Waals surface area contributed by atoms with E-state index in [0.717, 1.165) is 10.6 Å². The van der Waals surface area contributed by atoms with Crippen LogP contribution in [0.5, 0.6) is 0 Å². The molecule has 0 N–H and O–H groups in total. The first-order valence-electron chi connectivity index (χ1n) is 8.10. The van der Waals surface area contributed by atoms with Crippen LogP contribution in [0.2, 0.25) is 0 Å². The molecule has 0 amide bonds. The Labute approximate surface area is 179 Å². The summed E-state index contributed by atoms with van der Waals surface area (Å²) in [6, 6.07) is 12.3.